The maximum absolute atomic E-state index is 15.2. The molecule has 1 aromatic rings. The third-order valence-corrected chi connectivity index (χ3v) is 4.73. The molecule has 0 spiro atoms. The van der Waals surface area contributed by atoms with Crippen LogP contribution in [0.3, 0.4) is 0 Å². The Hall–Kier alpha value is -3.28. The number of hydrogen-bond donors (Lipinski definition) is 2. The van der Waals surface area contributed by atoms with Crippen molar-refractivity contribution in [2.24, 2.45) is 4.99 Å². The van der Waals surface area contributed by atoms with E-state index in [0.29, 0.717) is 12.0 Å². The monoisotopic (exact) mass is 443 g/mol. The minimum Gasteiger partial charge on any atom is -0.374 e. The van der Waals surface area contributed by atoms with Crippen molar-refractivity contribution in [2.45, 2.75) is 33.1 Å². The van der Waals surface area contributed by atoms with Gasteiger partial charge in [0.2, 0.25) is 0 Å². The van der Waals surface area contributed by atoms with E-state index in [0.717, 1.165) is 30.1 Å². The molecule has 0 radical (unpaired) electrons. The van der Waals surface area contributed by atoms with Gasteiger partial charge in [-0.2, -0.15) is 0 Å². The lowest BCUT2D eigenvalue weighted by atomic mass is 10.0. The molecule has 172 valence electrons. The van der Waals surface area contributed by atoms with Crippen LogP contribution in [0.4, 0.5) is 18.9 Å². The minimum absolute atomic E-state index is 0.153. The molecule has 3 nitrogen and oxygen atoms in total. The largest absolute Gasteiger partial charge is 0.374 e. The predicted molar refractivity (Wildman–Crippen MR) is 131 cm³/mol. The molecule has 1 aromatic carbocycles. The third kappa shape index (κ3) is 8.46. The molecule has 0 saturated carbocycles. The van der Waals surface area contributed by atoms with Crippen molar-refractivity contribution in [3.05, 3.63) is 102 Å². The highest BCUT2D eigenvalue weighted by Crippen LogP contribution is 2.27. The number of unbranched alkanes of at least 4 members (excludes halogenated alkanes) is 1. The van der Waals surface area contributed by atoms with Gasteiger partial charge in [0.05, 0.1) is 11.3 Å². The van der Waals surface area contributed by atoms with Gasteiger partial charge in [-0.05, 0) is 68.0 Å². The van der Waals surface area contributed by atoms with E-state index in [4.69, 9.17) is 0 Å². The van der Waals surface area contributed by atoms with Crippen molar-refractivity contribution in [1.29, 1.82) is 0 Å². The van der Waals surface area contributed by atoms with Crippen LogP contribution in [0.5, 0.6) is 0 Å². The number of hydrogen-bond acceptors (Lipinski definition) is 3. The summed E-state index contributed by atoms with van der Waals surface area (Å²) in [5.41, 5.74) is 2.75. The fraction of sp³-hybridized carbons (Fsp3) is 0.269. The number of aryl methyl sites for hydroxylation is 1. The molecule has 1 rings (SSSR count). The van der Waals surface area contributed by atoms with Crippen LogP contribution in [0.1, 0.15) is 30.4 Å². The fourth-order valence-electron chi connectivity index (χ4n) is 2.84. The fourth-order valence-corrected chi connectivity index (χ4v) is 2.84. The SMILES string of the molecule is C=CCCCC(C=NC=C)=CC(=C(NC)Nc1c(F)ccc(C)c1C)/C(F)=C/C=C\CF. The van der Waals surface area contributed by atoms with Crippen molar-refractivity contribution in [1.82, 2.24) is 5.32 Å². The maximum Gasteiger partial charge on any atom is 0.146 e. The molecular formula is C26H32F3N3. The summed E-state index contributed by atoms with van der Waals surface area (Å²) in [6.45, 7) is 10.3. The van der Waals surface area contributed by atoms with Crippen LogP contribution in [-0.4, -0.2) is 19.9 Å². The van der Waals surface area contributed by atoms with Gasteiger partial charge in [0.15, 0.2) is 0 Å². The normalized spacial score (nSPS) is 13.4. The number of alkyl halides is 1. The molecule has 32 heavy (non-hydrogen) atoms. The molecule has 0 heterocycles. The summed E-state index contributed by atoms with van der Waals surface area (Å²) < 4.78 is 42.2. The summed E-state index contributed by atoms with van der Waals surface area (Å²) in [7, 11) is 1.61. The summed E-state index contributed by atoms with van der Waals surface area (Å²) in [4.78, 5) is 4.06. The van der Waals surface area contributed by atoms with Gasteiger partial charge in [0.1, 0.15) is 24.1 Å². The number of benzene rings is 1. The molecule has 0 aliphatic carbocycles. The van der Waals surface area contributed by atoms with Crippen molar-refractivity contribution in [3.8, 4) is 0 Å². The van der Waals surface area contributed by atoms with E-state index in [2.05, 4.69) is 28.8 Å². The second-order valence-electron chi connectivity index (χ2n) is 6.99. The average molecular weight is 444 g/mol. The molecule has 0 aromatic heterocycles. The first-order valence-electron chi connectivity index (χ1n) is 10.4. The zero-order valence-electron chi connectivity index (χ0n) is 19.0. The molecule has 0 aliphatic heterocycles. The van der Waals surface area contributed by atoms with E-state index < -0.39 is 18.3 Å². The second-order valence-corrected chi connectivity index (χ2v) is 6.99. The lowest BCUT2D eigenvalue weighted by Gasteiger charge is -2.18. The Labute approximate surface area is 189 Å². The number of allylic oxidation sites excluding steroid dienone is 8. The van der Waals surface area contributed by atoms with Gasteiger partial charge in [0.25, 0.3) is 0 Å². The van der Waals surface area contributed by atoms with E-state index in [9.17, 15) is 8.78 Å². The van der Waals surface area contributed by atoms with Crippen molar-refractivity contribution in [2.75, 3.05) is 19.0 Å². The quantitative estimate of drug-likeness (QED) is 0.147. The number of aliphatic imine (C=N–C) groups is 1. The molecular weight excluding hydrogens is 411 g/mol. The third-order valence-electron chi connectivity index (χ3n) is 4.73. The zero-order valence-corrected chi connectivity index (χ0v) is 19.0. The van der Waals surface area contributed by atoms with Crippen molar-refractivity contribution >= 4 is 11.9 Å². The van der Waals surface area contributed by atoms with Gasteiger partial charge in [-0.15, -0.1) is 6.58 Å². The van der Waals surface area contributed by atoms with Crippen LogP contribution in [0.25, 0.3) is 0 Å². The van der Waals surface area contributed by atoms with Gasteiger partial charge in [-0.1, -0.05) is 30.9 Å². The van der Waals surface area contributed by atoms with Crippen LogP contribution >= 0.6 is 0 Å². The Balaban J connectivity index is 3.64. The maximum atomic E-state index is 15.2. The molecule has 2 N–H and O–H groups in total. The summed E-state index contributed by atoms with van der Waals surface area (Å²) in [6, 6.07) is 3.05. The Morgan fingerprint density at radius 2 is 1.97 bits per heavy atom. The predicted octanol–water partition coefficient (Wildman–Crippen LogP) is 7.16. The Morgan fingerprint density at radius 3 is 2.59 bits per heavy atom. The summed E-state index contributed by atoms with van der Waals surface area (Å²) in [5, 5.41) is 5.92. The molecule has 0 bridgehead atoms. The first-order valence-corrected chi connectivity index (χ1v) is 10.4. The number of halogens is 3. The highest BCUT2D eigenvalue weighted by molar-refractivity contribution is 5.80. The summed E-state index contributed by atoms with van der Waals surface area (Å²) in [5.74, 6) is -0.816. The molecule has 0 amide bonds. The molecule has 0 fully saturated rings. The molecule has 0 unspecified atom stereocenters. The number of anilines is 1. The van der Waals surface area contributed by atoms with E-state index in [1.54, 1.807) is 32.3 Å². The summed E-state index contributed by atoms with van der Waals surface area (Å²) in [6.07, 6.45) is 12.3. The van der Waals surface area contributed by atoms with Crippen LogP contribution in [-0.2, 0) is 0 Å². The topological polar surface area (TPSA) is 36.4 Å². The standard InChI is InChI=1S/C26H32F3N3/c1-6-8-9-12-21(18-31-7-2)17-22(23(28)13-10-11-16-27)26(30-5)32-25-20(4)19(3)14-15-24(25)29/h6-7,10-11,13-15,17-18,30,32H,1-2,8-9,12,16H2,3-5H3/b11-10-,21-17?,23-13-,26-22?,31-18?. The van der Waals surface area contributed by atoms with Gasteiger partial charge in [0, 0.05) is 19.5 Å². The minimum atomic E-state index is -0.706. The Kier molecular flexibility index (Phi) is 12.3. The van der Waals surface area contributed by atoms with E-state index >= 15 is 4.39 Å². The molecule has 0 aliphatic rings. The zero-order chi connectivity index (χ0) is 23.9. The van der Waals surface area contributed by atoms with Crippen LogP contribution in [0.2, 0.25) is 0 Å². The highest BCUT2D eigenvalue weighted by Gasteiger charge is 2.14. The molecule has 0 saturated heterocycles. The van der Waals surface area contributed by atoms with Gasteiger partial charge in [-0.25, -0.2) is 13.2 Å². The molecule has 6 heteroatoms. The van der Waals surface area contributed by atoms with Crippen LogP contribution in [0, 0.1) is 19.7 Å². The van der Waals surface area contributed by atoms with Crippen molar-refractivity contribution in [3.63, 3.8) is 0 Å². The van der Waals surface area contributed by atoms with E-state index in [1.807, 2.05) is 13.0 Å². The second kappa shape index (κ2) is 14.7. The average Bonchev–Trinajstić information content (AvgIpc) is 2.78. The van der Waals surface area contributed by atoms with E-state index in [1.165, 1.54) is 24.4 Å². The molecule has 0 atom stereocenters. The highest BCUT2D eigenvalue weighted by atomic mass is 19.1. The summed E-state index contributed by atoms with van der Waals surface area (Å²) >= 11 is 0. The number of nitrogens with zero attached hydrogens (tertiary/aromatic N) is 1. The van der Waals surface area contributed by atoms with Gasteiger partial charge < -0.3 is 10.6 Å². The first-order chi connectivity index (χ1) is 15.4. The lowest BCUT2D eigenvalue weighted by molar-refractivity contribution is 0.561. The lowest BCUT2D eigenvalue weighted by Crippen LogP contribution is -2.19. The van der Waals surface area contributed by atoms with E-state index in [-0.39, 0.29) is 17.1 Å². The van der Waals surface area contributed by atoms with Gasteiger partial charge >= 0.3 is 0 Å². The van der Waals surface area contributed by atoms with Gasteiger partial charge in [-0.3, -0.25) is 4.99 Å². The van der Waals surface area contributed by atoms with Crippen molar-refractivity contribution < 1.29 is 13.2 Å². The Bertz CT molecular complexity index is 938. The number of rotatable bonds is 13. The van der Waals surface area contributed by atoms with Crippen LogP contribution < -0.4 is 10.6 Å². The smallest absolute Gasteiger partial charge is 0.146 e. The number of nitrogens with one attached hydrogen (secondary N) is 2. The van der Waals surface area contributed by atoms with Crippen LogP contribution in [0.15, 0.2) is 89.7 Å². The Morgan fingerprint density at radius 1 is 1.22 bits per heavy atom. The first kappa shape index (κ1) is 26.8.